The lowest BCUT2D eigenvalue weighted by atomic mass is 9.90. The Labute approximate surface area is 155 Å². The Kier molecular flexibility index (Phi) is 4.83. The highest BCUT2D eigenvalue weighted by Crippen LogP contribution is 2.33. The van der Waals surface area contributed by atoms with Crippen molar-refractivity contribution in [1.29, 1.82) is 0 Å². The standard InChI is InChI=1S/C24H24N2/c1-2-3-18-26-22-17-11-10-16-21(22)25-24(26)23(19-12-6-4-7-13-19)20-14-8-5-9-15-20/h4-17,23H,2-3,18H2,1H3. The predicted molar refractivity (Wildman–Crippen MR) is 108 cm³/mol. The molecule has 0 atom stereocenters. The summed E-state index contributed by atoms with van der Waals surface area (Å²) >= 11 is 0. The third-order valence-corrected chi connectivity index (χ3v) is 4.94. The van der Waals surface area contributed by atoms with Crippen molar-refractivity contribution in [2.45, 2.75) is 32.2 Å². The molecule has 0 bridgehead atoms. The smallest absolute Gasteiger partial charge is 0.121 e. The Morgan fingerprint density at radius 1 is 0.769 bits per heavy atom. The van der Waals surface area contributed by atoms with Gasteiger partial charge < -0.3 is 4.57 Å². The van der Waals surface area contributed by atoms with Crippen molar-refractivity contribution in [2.75, 3.05) is 0 Å². The molecule has 4 rings (SSSR count). The highest BCUT2D eigenvalue weighted by Gasteiger charge is 2.23. The number of para-hydroxylation sites is 2. The summed E-state index contributed by atoms with van der Waals surface area (Å²) in [4.78, 5) is 5.08. The zero-order valence-electron chi connectivity index (χ0n) is 15.2. The summed E-state index contributed by atoms with van der Waals surface area (Å²) in [7, 11) is 0. The zero-order chi connectivity index (χ0) is 17.8. The molecule has 4 aromatic rings. The van der Waals surface area contributed by atoms with Gasteiger partial charge in [-0.1, -0.05) is 86.1 Å². The molecule has 2 nitrogen and oxygen atoms in total. The summed E-state index contributed by atoms with van der Waals surface area (Å²) in [5, 5.41) is 0. The van der Waals surface area contributed by atoms with Gasteiger partial charge in [-0.3, -0.25) is 0 Å². The summed E-state index contributed by atoms with van der Waals surface area (Å²) in [6.45, 7) is 3.24. The molecule has 0 aliphatic heterocycles. The van der Waals surface area contributed by atoms with Crippen LogP contribution in [0.5, 0.6) is 0 Å². The van der Waals surface area contributed by atoms with E-state index in [1.54, 1.807) is 0 Å². The first-order valence-electron chi connectivity index (χ1n) is 9.43. The molecule has 0 fully saturated rings. The molecular weight excluding hydrogens is 316 g/mol. The van der Waals surface area contributed by atoms with E-state index < -0.39 is 0 Å². The Morgan fingerprint density at radius 3 is 1.96 bits per heavy atom. The average Bonchev–Trinajstić information content (AvgIpc) is 3.06. The molecule has 0 spiro atoms. The summed E-state index contributed by atoms with van der Waals surface area (Å²) < 4.78 is 2.42. The zero-order valence-corrected chi connectivity index (χ0v) is 15.2. The van der Waals surface area contributed by atoms with Crippen LogP contribution in [0.4, 0.5) is 0 Å². The van der Waals surface area contributed by atoms with Crippen molar-refractivity contribution in [2.24, 2.45) is 0 Å². The molecule has 0 aliphatic carbocycles. The Balaban J connectivity index is 1.93. The quantitative estimate of drug-likeness (QED) is 0.420. The molecule has 0 saturated heterocycles. The van der Waals surface area contributed by atoms with Gasteiger partial charge in [0.05, 0.1) is 17.0 Å². The van der Waals surface area contributed by atoms with Crippen molar-refractivity contribution in [3.05, 3.63) is 102 Å². The van der Waals surface area contributed by atoms with Gasteiger partial charge in [0.25, 0.3) is 0 Å². The lowest BCUT2D eigenvalue weighted by Crippen LogP contribution is -2.12. The van der Waals surface area contributed by atoms with Crippen LogP contribution in [0, 0.1) is 0 Å². The van der Waals surface area contributed by atoms with Crippen LogP contribution in [-0.4, -0.2) is 9.55 Å². The topological polar surface area (TPSA) is 17.8 Å². The average molecular weight is 340 g/mol. The fourth-order valence-electron chi connectivity index (χ4n) is 3.65. The normalized spacial score (nSPS) is 11.3. The van der Waals surface area contributed by atoms with Gasteiger partial charge in [-0.05, 0) is 29.7 Å². The van der Waals surface area contributed by atoms with Gasteiger partial charge in [0, 0.05) is 6.54 Å². The van der Waals surface area contributed by atoms with Gasteiger partial charge in [0.1, 0.15) is 5.82 Å². The first kappa shape index (κ1) is 16.6. The number of unbranched alkanes of at least 4 members (excludes halogenated alkanes) is 1. The third kappa shape index (κ3) is 3.15. The maximum absolute atomic E-state index is 5.08. The lowest BCUT2D eigenvalue weighted by Gasteiger charge is -2.20. The first-order chi connectivity index (χ1) is 12.9. The molecular formula is C24H24N2. The third-order valence-electron chi connectivity index (χ3n) is 4.94. The number of hydrogen-bond acceptors (Lipinski definition) is 1. The maximum atomic E-state index is 5.08. The molecule has 1 heterocycles. The van der Waals surface area contributed by atoms with Crippen molar-refractivity contribution in [3.8, 4) is 0 Å². The second-order valence-electron chi connectivity index (χ2n) is 6.72. The van der Waals surface area contributed by atoms with E-state index in [2.05, 4.69) is 96.4 Å². The van der Waals surface area contributed by atoms with E-state index >= 15 is 0 Å². The van der Waals surface area contributed by atoms with E-state index in [1.807, 2.05) is 0 Å². The van der Waals surface area contributed by atoms with E-state index in [-0.39, 0.29) is 5.92 Å². The van der Waals surface area contributed by atoms with Crippen LogP contribution in [0.3, 0.4) is 0 Å². The van der Waals surface area contributed by atoms with Gasteiger partial charge >= 0.3 is 0 Å². The molecule has 0 amide bonds. The van der Waals surface area contributed by atoms with Crippen LogP contribution in [0.2, 0.25) is 0 Å². The predicted octanol–water partition coefficient (Wildman–Crippen LogP) is 6.02. The van der Waals surface area contributed by atoms with E-state index in [1.165, 1.54) is 23.1 Å². The number of aromatic nitrogens is 2. The van der Waals surface area contributed by atoms with Crippen molar-refractivity contribution in [3.63, 3.8) is 0 Å². The van der Waals surface area contributed by atoms with Crippen LogP contribution in [-0.2, 0) is 6.54 Å². The molecule has 130 valence electrons. The minimum Gasteiger partial charge on any atom is -0.327 e. The van der Waals surface area contributed by atoms with Crippen molar-refractivity contribution < 1.29 is 0 Å². The monoisotopic (exact) mass is 340 g/mol. The molecule has 26 heavy (non-hydrogen) atoms. The molecule has 0 unspecified atom stereocenters. The SMILES string of the molecule is CCCCn1c(C(c2ccccc2)c2ccccc2)nc2ccccc21. The molecule has 1 aromatic heterocycles. The minimum atomic E-state index is 0.140. The largest absolute Gasteiger partial charge is 0.327 e. The summed E-state index contributed by atoms with van der Waals surface area (Å²) in [6, 6.07) is 29.9. The van der Waals surface area contributed by atoms with E-state index in [0.717, 1.165) is 24.3 Å². The van der Waals surface area contributed by atoms with Crippen LogP contribution >= 0.6 is 0 Å². The fraction of sp³-hybridized carbons (Fsp3) is 0.208. The van der Waals surface area contributed by atoms with Gasteiger partial charge in [0.2, 0.25) is 0 Å². The molecule has 2 heteroatoms. The van der Waals surface area contributed by atoms with Gasteiger partial charge in [0.15, 0.2) is 0 Å². The van der Waals surface area contributed by atoms with Gasteiger partial charge in [-0.2, -0.15) is 0 Å². The highest BCUT2D eigenvalue weighted by molar-refractivity contribution is 5.76. The van der Waals surface area contributed by atoms with Crippen LogP contribution in [0.1, 0.15) is 42.6 Å². The minimum absolute atomic E-state index is 0.140. The molecule has 0 aliphatic rings. The summed E-state index contributed by atoms with van der Waals surface area (Å²) in [5.74, 6) is 1.28. The Morgan fingerprint density at radius 2 is 1.35 bits per heavy atom. The van der Waals surface area contributed by atoms with E-state index in [4.69, 9.17) is 4.98 Å². The first-order valence-corrected chi connectivity index (χ1v) is 9.43. The molecule has 0 N–H and O–H groups in total. The fourth-order valence-corrected chi connectivity index (χ4v) is 3.65. The summed E-state index contributed by atoms with van der Waals surface area (Å²) in [6.07, 6.45) is 2.33. The number of rotatable bonds is 6. The number of fused-ring (bicyclic) bond motifs is 1. The van der Waals surface area contributed by atoms with Crippen LogP contribution < -0.4 is 0 Å². The maximum Gasteiger partial charge on any atom is 0.121 e. The Hall–Kier alpha value is -2.87. The number of nitrogens with zero attached hydrogens (tertiary/aromatic N) is 2. The van der Waals surface area contributed by atoms with E-state index in [0.29, 0.717) is 0 Å². The van der Waals surface area contributed by atoms with Crippen molar-refractivity contribution >= 4 is 11.0 Å². The molecule has 0 radical (unpaired) electrons. The van der Waals surface area contributed by atoms with Crippen molar-refractivity contribution in [1.82, 2.24) is 9.55 Å². The lowest BCUT2D eigenvalue weighted by molar-refractivity contribution is 0.610. The Bertz CT molecular complexity index is 931. The molecule has 0 saturated carbocycles. The summed E-state index contributed by atoms with van der Waals surface area (Å²) in [5.41, 5.74) is 4.88. The second-order valence-corrected chi connectivity index (χ2v) is 6.72. The number of imidazole rings is 1. The van der Waals surface area contributed by atoms with Crippen LogP contribution in [0.25, 0.3) is 11.0 Å². The molecule has 3 aromatic carbocycles. The van der Waals surface area contributed by atoms with Gasteiger partial charge in [-0.25, -0.2) is 4.98 Å². The number of hydrogen-bond donors (Lipinski definition) is 0. The number of aryl methyl sites for hydroxylation is 1. The second kappa shape index (κ2) is 7.57. The van der Waals surface area contributed by atoms with Crippen LogP contribution in [0.15, 0.2) is 84.9 Å². The van der Waals surface area contributed by atoms with E-state index in [9.17, 15) is 0 Å². The number of benzene rings is 3. The van der Waals surface area contributed by atoms with Gasteiger partial charge in [-0.15, -0.1) is 0 Å². The highest BCUT2D eigenvalue weighted by atomic mass is 15.1.